The Morgan fingerprint density at radius 1 is 1.07 bits per heavy atom. The van der Waals surface area contributed by atoms with E-state index in [9.17, 15) is 4.79 Å². The van der Waals surface area contributed by atoms with Gasteiger partial charge in [-0.25, -0.2) is 0 Å². The van der Waals surface area contributed by atoms with Crippen molar-refractivity contribution >= 4 is 23.4 Å². The summed E-state index contributed by atoms with van der Waals surface area (Å²) in [6.07, 6.45) is 3.42. The number of hydrogen-bond acceptors (Lipinski definition) is 5. The fraction of sp³-hybridized carbons (Fsp3) is 0.318. The van der Waals surface area contributed by atoms with Crippen LogP contribution in [0.2, 0.25) is 0 Å². The van der Waals surface area contributed by atoms with Crippen LogP contribution in [0.25, 0.3) is 11.5 Å². The number of aromatic nitrogens is 2. The fourth-order valence-electron chi connectivity index (χ4n) is 2.94. The fourth-order valence-corrected chi connectivity index (χ4v) is 3.51. The molecule has 2 aromatic carbocycles. The van der Waals surface area contributed by atoms with Gasteiger partial charge in [0.2, 0.25) is 11.8 Å². The number of amides is 1. The highest BCUT2D eigenvalue weighted by Crippen LogP contribution is 2.25. The van der Waals surface area contributed by atoms with Gasteiger partial charge >= 0.3 is 0 Å². The Morgan fingerprint density at radius 2 is 1.79 bits per heavy atom. The van der Waals surface area contributed by atoms with Crippen LogP contribution in [0, 0.1) is 13.8 Å². The Balaban J connectivity index is 1.53. The third-order valence-electron chi connectivity index (χ3n) is 4.26. The molecule has 0 spiro atoms. The monoisotopic (exact) mass is 395 g/mol. The molecule has 28 heavy (non-hydrogen) atoms. The molecule has 0 saturated heterocycles. The lowest BCUT2D eigenvalue weighted by Crippen LogP contribution is -2.13. The van der Waals surface area contributed by atoms with Crippen LogP contribution in [0.5, 0.6) is 0 Å². The average molecular weight is 396 g/mol. The van der Waals surface area contributed by atoms with Crippen LogP contribution in [0.15, 0.2) is 52.1 Å². The van der Waals surface area contributed by atoms with Crippen molar-refractivity contribution in [3.63, 3.8) is 0 Å². The van der Waals surface area contributed by atoms with Gasteiger partial charge in [0.15, 0.2) is 0 Å². The summed E-state index contributed by atoms with van der Waals surface area (Å²) in [4.78, 5) is 12.2. The molecular formula is C22H25N3O2S. The van der Waals surface area contributed by atoms with Gasteiger partial charge < -0.3 is 9.73 Å². The first-order valence-corrected chi connectivity index (χ1v) is 10.5. The van der Waals surface area contributed by atoms with Crippen molar-refractivity contribution in [3.8, 4) is 11.5 Å². The molecule has 0 aliphatic heterocycles. The van der Waals surface area contributed by atoms with Crippen LogP contribution >= 0.6 is 11.8 Å². The molecular weight excluding hydrogens is 370 g/mol. The van der Waals surface area contributed by atoms with Crippen molar-refractivity contribution in [2.45, 2.75) is 45.3 Å². The van der Waals surface area contributed by atoms with E-state index in [1.807, 2.05) is 38.1 Å². The summed E-state index contributed by atoms with van der Waals surface area (Å²) in [5.41, 5.74) is 5.26. The number of carbonyl (C=O) groups excluding carboxylic acids is 1. The molecule has 0 radical (unpaired) electrons. The number of rotatable bonds is 8. The second-order valence-electron chi connectivity index (χ2n) is 6.89. The standard InChI is InChI=1S/C22H25N3O2S/c1-4-5-6-17-7-9-19(10-8-17)23-20(26)14-28-22-25-24-21(27-22)18-12-15(2)11-16(3)13-18/h7-13H,4-6,14H2,1-3H3,(H,23,26). The summed E-state index contributed by atoms with van der Waals surface area (Å²) in [7, 11) is 0. The first kappa shape index (κ1) is 20.1. The second kappa shape index (κ2) is 9.55. The minimum absolute atomic E-state index is 0.0996. The molecule has 3 rings (SSSR count). The molecule has 1 aromatic heterocycles. The highest BCUT2D eigenvalue weighted by atomic mass is 32.2. The number of thioether (sulfide) groups is 1. The van der Waals surface area contributed by atoms with Gasteiger partial charge in [0.25, 0.3) is 5.22 Å². The predicted molar refractivity (Wildman–Crippen MR) is 114 cm³/mol. The van der Waals surface area contributed by atoms with E-state index in [0.717, 1.165) is 28.8 Å². The minimum atomic E-state index is -0.0996. The van der Waals surface area contributed by atoms with Gasteiger partial charge in [0.1, 0.15) is 0 Å². The van der Waals surface area contributed by atoms with Crippen LogP contribution in [-0.2, 0) is 11.2 Å². The molecule has 1 amide bonds. The number of aryl methyl sites for hydroxylation is 3. The molecule has 0 atom stereocenters. The highest BCUT2D eigenvalue weighted by molar-refractivity contribution is 7.99. The maximum Gasteiger partial charge on any atom is 0.277 e. The molecule has 0 fully saturated rings. The van der Waals surface area contributed by atoms with E-state index in [4.69, 9.17) is 4.42 Å². The molecule has 0 saturated carbocycles. The van der Waals surface area contributed by atoms with E-state index in [0.29, 0.717) is 11.1 Å². The van der Waals surface area contributed by atoms with Crippen molar-refractivity contribution < 1.29 is 9.21 Å². The van der Waals surface area contributed by atoms with Crippen molar-refractivity contribution in [2.24, 2.45) is 0 Å². The number of hydrogen-bond donors (Lipinski definition) is 1. The minimum Gasteiger partial charge on any atom is -0.411 e. The third-order valence-corrected chi connectivity index (χ3v) is 5.08. The van der Waals surface area contributed by atoms with Crippen LogP contribution in [0.4, 0.5) is 5.69 Å². The van der Waals surface area contributed by atoms with E-state index < -0.39 is 0 Å². The quantitative estimate of drug-likeness (QED) is 0.515. The third kappa shape index (κ3) is 5.70. The average Bonchev–Trinajstić information content (AvgIpc) is 3.14. The van der Waals surface area contributed by atoms with E-state index in [-0.39, 0.29) is 11.7 Å². The maximum absolute atomic E-state index is 12.2. The number of unbranched alkanes of at least 4 members (excludes halogenated alkanes) is 1. The Bertz CT molecular complexity index is 915. The molecule has 5 nitrogen and oxygen atoms in total. The zero-order valence-corrected chi connectivity index (χ0v) is 17.3. The van der Waals surface area contributed by atoms with Crippen LogP contribution in [0.1, 0.15) is 36.5 Å². The Morgan fingerprint density at radius 3 is 2.46 bits per heavy atom. The van der Waals surface area contributed by atoms with Gasteiger partial charge in [0, 0.05) is 11.3 Å². The van der Waals surface area contributed by atoms with E-state index in [1.165, 1.54) is 30.2 Å². The lowest BCUT2D eigenvalue weighted by molar-refractivity contribution is -0.113. The predicted octanol–water partition coefficient (Wildman–Crippen LogP) is 5.43. The first-order valence-electron chi connectivity index (χ1n) is 9.47. The molecule has 6 heteroatoms. The molecule has 146 valence electrons. The number of nitrogens with zero attached hydrogens (tertiary/aromatic N) is 2. The van der Waals surface area contributed by atoms with Crippen molar-refractivity contribution in [2.75, 3.05) is 11.1 Å². The highest BCUT2D eigenvalue weighted by Gasteiger charge is 2.12. The molecule has 0 bridgehead atoms. The van der Waals surface area contributed by atoms with E-state index >= 15 is 0 Å². The SMILES string of the molecule is CCCCc1ccc(NC(=O)CSc2nnc(-c3cc(C)cc(C)c3)o2)cc1. The van der Waals surface area contributed by atoms with E-state index in [2.05, 4.69) is 40.6 Å². The Hall–Kier alpha value is -2.60. The van der Waals surface area contributed by atoms with Crippen molar-refractivity contribution in [1.82, 2.24) is 10.2 Å². The summed E-state index contributed by atoms with van der Waals surface area (Å²) < 4.78 is 5.69. The summed E-state index contributed by atoms with van der Waals surface area (Å²) in [6.45, 7) is 6.24. The number of nitrogens with one attached hydrogen (secondary N) is 1. The first-order chi connectivity index (χ1) is 13.5. The van der Waals surface area contributed by atoms with Gasteiger partial charge in [0.05, 0.1) is 5.75 Å². The summed E-state index contributed by atoms with van der Waals surface area (Å²) in [5.74, 6) is 0.585. The van der Waals surface area contributed by atoms with Gasteiger partial charge in [-0.3, -0.25) is 4.79 Å². The van der Waals surface area contributed by atoms with Crippen LogP contribution in [0.3, 0.4) is 0 Å². The van der Waals surface area contributed by atoms with Gasteiger partial charge in [-0.15, -0.1) is 10.2 Å². The largest absolute Gasteiger partial charge is 0.411 e. The number of anilines is 1. The summed E-state index contributed by atoms with van der Waals surface area (Å²) in [5, 5.41) is 11.4. The van der Waals surface area contributed by atoms with Crippen LogP contribution < -0.4 is 5.32 Å². The zero-order chi connectivity index (χ0) is 19.9. The molecule has 0 unspecified atom stereocenters. The van der Waals surface area contributed by atoms with Crippen molar-refractivity contribution in [1.29, 1.82) is 0 Å². The number of benzene rings is 2. The topological polar surface area (TPSA) is 68.0 Å². The Kier molecular flexibility index (Phi) is 6.87. The number of carbonyl (C=O) groups is 1. The van der Waals surface area contributed by atoms with Crippen molar-refractivity contribution in [3.05, 3.63) is 59.2 Å². The zero-order valence-electron chi connectivity index (χ0n) is 16.5. The van der Waals surface area contributed by atoms with Gasteiger partial charge in [-0.2, -0.15) is 0 Å². The lowest BCUT2D eigenvalue weighted by Gasteiger charge is -2.05. The smallest absolute Gasteiger partial charge is 0.277 e. The summed E-state index contributed by atoms with van der Waals surface area (Å²) >= 11 is 1.23. The molecule has 0 aliphatic rings. The second-order valence-corrected chi connectivity index (χ2v) is 7.81. The van der Waals surface area contributed by atoms with Gasteiger partial charge in [-0.05, 0) is 56.5 Å². The Labute approximate surface area is 170 Å². The molecule has 1 heterocycles. The maximum atomic E-state index is 12.2. The van der Waals surface area contributed by atoms with Crippen LogP contribution in [-0.4, -0.2) is 21.9 Å². The normalized spacial score (nSPS) is 10.8. The molecule has 1 N–H and O–H groups in total. The lowest BCUT2D eigenvalue weighted by atomic mass is 10.1. The molecule has 3 aromatic rings. The molecule has 0 aliphatic carbocycles. The van der Waals surface area contributed by atoms with E-state index in [1.54, 1.807) is 0 Å². The van der Waals surface area contributed by atoms with Gasteiger partial charge in [-0.1, -0.05) is 54.4 Å². The summed E-state index contributed by atoms with van der Waals surface area (Å²) in [6, 6.07) is 14.1.